The summed E-state index contributed by atoms with van der Waals surface area (Å²) in [7, 11) is 3.61. The molecule has 0 saturated carbocycles. The fourth-order valence-corrected chi connectivity index (χ4v) is 3.27. The molecule has 0 unspecified atom stereocenters. The molecule has 4 aromatic rings. The zero-order chi connectivity index (χ0) is 21.1. The number of aromatic nitrogens is 5. The molecule has 3 heterocycles. The number of ether oxygens (including phenoxy) is 2. The maximum atomic E-state index is 5.81. The van der Waals surface area contributed by atoms with E-state index in [1.165, 1.54) is 0 Å². The van der Waals surface area contributed by atoms with Crippen molar-refractivity contribution >= 4 is 11.5 Å². The Balaban J connectivity index is 1.44. The zero-order valence-electron chi connectivity index (χ0n) is 17.7. The van der Waals surface area contributed by atoms with Crippen molar-refractivity contribution in [1.82, 2.24) is 24.1 Å². The second-order valence-corrected chi connectivity index (χ2v) is 7.14. The van der Waals surface area contributed by atoms with E-state index >= 15 is 0 Å². The first-order chi connectivity index (χ1) is 14.6. The summed E-state index contributed by atoms with van der Waals surface area (Å²) >= 11 is 0. The van der Waals surface area contributed by atoms with Gasteiger partial charge in [0, 0.05) is 43.3 Å². The molecule has 0 saturated heterocycles. The van der Waals surface area contributed by atoms with Gasteiger partial charge < -0.3 is 19.4 Å². The number of nitrogens with one attached hydrogen (secondary N) is 1. The van der Waals surface area contributed by atoms with Gasteiger partial charge in [0.05, 0.1) is 13.7 Å². The van der Waals surface area contributed by atoms with Gasteiger partial charge in [-0.3, -0.25) is 0 Å². The number of hydrogen-bond donors (Lipinski definition) is 1. The first-order valence-corrected chi connectivity index (χ1v) is 9.92. The average molecular weight is 406 g/mol. The molecule has 1 N–H and O–H groups in total. The lowest BCUT2D eigenvalue weighted by atomic mass is 10.2. The Morgan fingerprint density at radius 2 is 1.87 bits per heavy atom. The van der Waals surface area contributed by atoms with Crippen LogP contribution in [0.3, 0.4) is 0 Å². The molecule has 0 aliphatic rings. The summed E-state index contributed by atoms with van der Waals surface area (Å²) in [5, 5.41) is 8.25. The fourth-order valence-electron chi connectivity index (χ4n) is 3.27. The van der Waals surface area contributed by atoms with Crippen molar-refractivity contribution in [2.45, 2.75) is 20.3 Å². The summed E-state index contributed by atoms with van der Waals surface area (Å²) in [6.07, 6.45) is 4.53. The van der Waals surface area contributed by atoms with Crippen LogP contribution in [0.15, 0.2) is 42.7 Å². The van der Waals surface area contributed by atoms with E-state index in [-0.39, 0.29) is 0 Å². The molecule has 0 bridgehead atoms. The molecule has 0 radical (unpaired) electrons. The Hall–Kier alpha value is -3.55. The number of aryl methyl sites for hydroxylation is 2. The van der Waals surface area contributed by atoms with Gasteiger partial charge in [-0.15, -0.1) is 0 Å². The number of methoxy groups -OCH3 is 1. The van der Waals surface area contributed by atoms with Crippen molar-refractivity contribution in [3.63, 3.8) is 0 Å². The van der Waals surface area contributed by atoms with Gasteiger partial charge >= 0.3 is 0 Å². The van der Waals surface area contributed by atoms with E-state index in [9.17, 15) is 0 Å². The van der Waals surface area contributed by atoms with Crippen molar-refractivity contribution in [2.24, 2.45) is 7.05 Å². The van der Waals surface area contributed by atoms with Crippen LogP contribution in [0.5, 0.6) is 11.5 Å². The maximum Gasteiger partial charge on any atom is 0.160 e. The van der Waals surface area contributed by atoms with Gasteiger partial charge in [-0.05, 0) is 44.5 Å². The summed E-state index contributed by atoms with van der Waals surface area (Å²) in [6, 6.07) is 9.57. The highest BCUT2D eigenvalue weighted by molar-refractivity contribution is 5.62. The predicted octanol–water partition coefficient (Wildman–Crippen LogP) is 3.64. The highest BCUT2D eigenvalue weighted by Crippen LogP contribution is 2.23. The molecule has 0 fully saturated rings. The standard InChI is InChI=1S/C22H26N6O2/c1-15-16(2)25-20-14-19(22-24-11-12-27(22)3)26-28(20)21(15)23-10-5-13-30-18-8-6-17(29-4)7-9-18/h6-9,11-12,14,23H,5,10,13H2,1-4H3. The second kappa shape index (κ2) is 8.44. The third kappa shape index (κ3) is 3.94. The van der Waals surface area contributed by atoms with Gasteiger partial charge in [0.15, 0.2) is 11.5 Å². The molecule has 0 aliphatic heterocycles. The third-order valence-electron chi connectivity index (χ3n) is 5.07. The molecular weight excluding hydrogens is 380 g/mol. The Morgan fingerprint density at radius 1 is 1.10 bits per heavy atom. The van der Waals surface area contributed by atoms with E-state index in [1.54, 1.807) is 13.3 Å². The Morgan fingerprint density at radius 3 is 2.57 bits per heavy atom. The van der Waals surface area contributed by atoms with Crippen LogP contribution in [0.25, 0.3) is 17.2 Å². The molecule has 0 amide bonds. The summed E-state index contributed by atoms with van der Waals surface area (Å²) in [5.74, 6) is 3.42. The van der Waals surface area contributed by atoms with Crippen LogP contribution in [-0.2, 0) is 7.05 Å². The van der Waals surface area contributed by atoms with Crippen LogP contribution in [0.4, 0.5) is 5.82 Å². The molecule has 0 atom stereocenters. The van der Waals surface area contributed by atoms with Crippen molar-refractivity contribution in [3.05, 3.63) is 54.0 Å². The molecule has 30 heavy (non-hydrogen) atoms. The van der Waals surface area contributed by atoms with Crippen LogP contribution in [-0.4, -0.2) is 44.4 Å². The summed E-state index contributed by atoms with van der Waals surface area (Å²) in [4.78, 5) is 9.08. The molecule has 0 aliphatic carbocycles. The van der Waals surface area contributed by atoms with Crippen molar-refractivity contribution < 1.29 is 9.47 Å². The van der Waals surface area contributed by atoms with Crippen LogP contribution < -0.4 is 14.8 Å². The van der Waals surface area contributed by atoms with Gasteiger partial charge in [0.25, 0.3) is 0 Å². The van der Waals surface area contributed by atoms with Gasteiger partial charge in [0.2, 0.25) is 0 Å². The Labute approximate surface area is 175 Å². The highest BCUT2D eigenvalue weighted by atomic mass is 16.5. The van der Waals surface area contributed by atoms with Gasteiger partial charge in [-0.1, -0.05) is 0 Å². The van der Waals surface area contributed by atoms with E-state index in [0.29, 0.717) is 6.61 Å². The monoisotopic (exact) mass is 406 g/mol. The smallest absolute Gasteiger partial charge is 0.160 e. The molecule has 4 rings (SSSR count). The van der Waals surface area contributed by atoms with Crippen molar-refractivity contribution in [1.29, 1.82) is 0 Å². The van der Waals surface area contributed by atoms with Crippen LogP contribution in [0.2, 0.25) is 0 Å². The van der Waals surface area contributed by atoms with Gasteiger partial charge in [-0.2, -0.15) is 9.61 Å². The first kappa shape index (κ1) is 19.8. The largest absolute Gasteiger partial charge is 0.497 e. The van der Waals surface area contributed by atoms with Gasteiger partial charge in [-0.25, -0.2) is 9.97 Å². The van der Waals surface area contributed by atoms with Crippen LogP contribution >= 0.6 is 0 Å². The summed E-state index contributed by atoms with van der Waals surface area (Å²) in [5.41, 5.74) is 3.65. The normalized spacial score (nSPS) is 11.1. The van der Waals surface area contributed by atoms with E-state index in [1.807, 2.05) is 59.6 Å². The minimum Gasteiger partial charge on any atom is -0.497 e. The lowest BCUT2D eigenvalue weighted by molar-refractivity contribution is 0.314. The predicted molar refractivity (Wildman–Crippen MR) is 116 cm³/mol. The minimum absolute atomic E-state index is 0.614. The fraction of sp³-hybridized carbons (Fsp3) is 0.318. The van der Waals surface area contributed by atoms with Crippen LogP contribution in [0, 0.1) is 13.8 Å². The minimum atomic E-state index is 0.614. The van der Waals surface area contributed by atoms with E-state index in [2.05, 4.69) is 22.2 Å². The number of nitrogens with zero attached hydrogens (tertiary/aromatic N) is 5. The number of imidazole rings is 1. The van der Waals surface area contributed by atoms with E-state index < -0.39 is 0 Å². The lowest BCUT2D eigenvalue weighted by Gasteiger charge is -2.13. The van der Waals surface area contributed by atoms with Gasteiger partial charge in [0.1, 0.15) is 23.0 Å². The topological polar surface area (TPSA) is 78.5 Å². The third-order valence-corrected chi connectivity index (χ3v) is 5.07. The quantitative estimate of drug-likeness (QED) is 0.450. The van der Waals surface area contributed by atoms with E-state index in [0.717, 1.165) is 58.7 Å². The molecule has 1 aromatic carbocycles. The molecule has 8 nitrogen and oxygen atoms in total. The van der Waals surface area contributed by atoms with Crippen molar-refractivity contribution in [2.75, 3.05) is 25.6 Å². The molecule has 8 heteroatoms. The maximum absolute atomic E-state index is 5.81. The highest BCUT2D eigenvalue weighted by Gasteiger charge is 2.15. The lowest BCUT2D eigenvalue weighted by Crippen LogP contribution is -2.13. The number of benzene rings is 1. The SMILES string of the molecule is COc1ccc(OCCCNc2c(C)c(C)nc3cc(-c4nccn4C)nn23)cc1. The second-order valence-electron chi connectivity index (χ2n) is 7.14. The van der Waals surface area contributed by atoms with Crippen molar-refractivity contribution in [3.8, 4) is 23.0 Å². The Kier molecular flexibility index (Phi) is 5.56. The summed E-state index contributed by atoms with van der Waals surface area (Å²) < 4.78 is 14.8. The van der Waals surface area contributed by atoms with Crippen LogP contribution in [0.1, 0.15) is 17.7 Å². The van der Waals surface area contributed by atoms with E-state index in [4.69, 9.17) is 14.6 Å². The number of rotatable bonds is 8. The molecule has 3 aromatic heterocycles. The zero-order valence-corrected chi connectivity index (χ0v) is 17.7. The molecular formula is C22H26N6O2. The Bertz CT molecular complexity index is 1150. The average Bonchev–Trinajstić information content (AvgIpc) is 3.36. The number of anilines is 1. The summed E-state index contributed by atoms with van der Waals surface area (Å²) in [6.45, 7) is 5.44. The molecule has 0 spiro atoms. The first-order valence-electron chi connectivity index (χ1n) is 9.92. The molecule has 156 valence electrons. The number of fused-ring (bicyclic) bond motifs is 1. The number of hydrogen-bond acceptors (Lipinski definition) is 6.